The standard InChI is InChI=1S/C21H26F3N3O4/c1-2-13-3-4-14(21(22,23)24)9-18(13)31-15-5-7-26(10-15)20(29)27-8-6-17-16(11-27)25-19(28)12-30-17/h3-4,9,15-17H,2,5-8,10-12H2,1H3,(H,25,28)/t15?,16-,17+/m1/s1. The van der Waals surface area contributed by atoms with Crippen LogP contribution in [0.5, 0.6) is 5.75 Å². The molecule has 3 aliphatic heterocycles. The fraction of sp³-hybridized carbons (Fsp3) is 0.619. The van der Waals surface area contributed by atoms with Gasteiger partial charge in [-0.05, 0) is 30.5 Å². The number of morpholine rings is 1. The molecule has 4 rings (SSSR count). The van der Waals surface area contributed by atoms with Gasteiger partial charge in [0.25, 0.3) is 0 Å². The van der Waals surface area contributed by atoms with Gasteiger partial charge in [-0.25, -0.2) is 4.79 Å². The molecule has 0 aliphatic carbocycles. The highest BCUT2D eigenvalue weighted by atomic mass is 19.4. The molecule has 3 amide bonds. The van der Waals surface area contributed by atoms with Crippen molar-refractivity contribution in [1.29, 1.82) is 0 Å². The summed E-state index contributed by atoms with van der Waals surface area (Å²) in [5, 5.41) is 2.87. The first-order chi connectivity index (χ1) is 14.7. The van der Waals surface area contributed by atoms with Gasteiger partial charge in [0.15, 0.2) is 0 Å². The Kier molecular flexibility index (Phi) is 6.00. The number of nitrogens with one attached hydrogen (secondary N) is 1. The van der Waals surface area contributed by atoms with Crippen LogP contribution >= 0.6 is 0 Å². The third-order valence-corrected chi connectivity index (χ3v) is 6.08. The highest BCUT2D eigenvalue weighted by molar-refractivity contribution is 5.79. The lowest BCUT2D eigenvalue weighted by Gasteiger charge is -2.42. The predicted molar refractivity (Wildman–Crippen MR) is 105 cm³/mol. The van der Waals surface area contributed by atoms with Crippen molar-refractivity contribution >= 4 is 11.9 Å². The van der Waals surface area contributed by atoms with Crippen LogP contribution in [-0.4, -0.2) is 72.8 Å². The second kappa shape index (κ2) is 8.57. The van der Waals surface area contributed by atoms with Gasteiger partial charge in [0.2, 0.25) is 5.91 Å². The lowest BCUT2D eigenvalue weighted by atomic mass is 10.0. The second-order valence-corrected chi connectivity index (χ2v) is 8.19. The van der Waals surface area contributed by atoms with E-state index >= 15 is 0 Å². The van der Waals surface area contributed by atoms with Gasteiger partial charge in [-0.3, -0.25) is 4.79 Å². The lowest BCUT2D eigenvalue weighted by Crippen LogP contribution is -2.62. The van der Waals surface area contributed by atoms with Gasteiger partial charge < -0.3 is 24.6 Å². The molecule has 1 aromatic rings. The third-order valence-electron chi connectivity index (χ3n) is 6.08. The molecule has 3 atom stereocenters. The summed E-state index contributed by atoms with van der Waals surface area (Å²) >= 11 is 0. The molecular weight excluding hydrogens is 415 g/mol. The molecule has 0 radical (unpaired) electrons. The molecule has 0 bridgehead atoms. The Labute approximate surface area is 178 Å². The van der Waals surface area contributed by atoms with Gasteiger partial charge >= 0.3 is 12.2 Å². The lowest BCUT2D eigenvalue weighted by molar-refractivity contribution is -0.140. The summed E-state index contributed by atoms with van der Waals surface area (Å²) in [6, 6.07) is 3.18. The van der Waals surface area contributed by atoms with Crippen molar-refractivity contribution in [3.63, 3.8) is 0 Å². The minimum Gasteiger partial charge on any atom is -0.488 e. The SMILES string of the molecule is CCc1ccc(C(F)(F)F)cc1OC1CCN(C(=O)N2CC[C@@H]3OCC(=O)N[C@@H]3C2)C1. The molecule has 3 fully saturated rings. The number of hydrogen-bond acceptors (Lipinski definition) is 4. The summed E-state index contributed by atoms with van der Waals surface area (Å²) in [4.78, 5) is 27.9. The fourth-order valence-electron chi connectivity index (χ4n) is 4.38. The first-order valence-electron chi connectivity index (χ1n) is 10.6. The normalized spacial score (nSPS) is 26.5. The van der Waals surface area contributed by atoms with Crippen molar-refractivity contribution in [2.24, 2.45) is 0 Å². The summed E-state index contributed by atoms with van der Waals surface area (Å²) in [6.07, 6.45) is -3.14. The average Bonchev–Trinajstić information content (AvgIpc) is 3.20. The molecule has 31 heavy (non-hydrogen) atoms. The molecule has 0 spiro atoms. The first-order valence-corrected chi connectivity index (χ1v) is 10.6. The zero-order valence-corrected chi connectivity index (χ0v) is 17.3. The van der Waals surface area contributed by atoms with Crippen molar-refractivity contribution in [3.05, 3.63) is 29.3 Å². The van der Waals surface area contributed by atoms with Crippen LogP contribution in [0.15, 0.2) is 18.2 Å². The van der Waals surface area contributed by atoms with E-state index in [9.17, 15) is 22.8 Å². The van der Waals surface area contributed by atoms with E-state index in [2.05, 4.69) is 5.32 Å². The fourth-order valence-corrected chi connectivity index (χ4v) is 4.38. The molecule has 1 unspecified atom stereocenters. The van der Waals surface area contributed by atoms with E-state index in [-0.39, 0.29) is 42.5 Å². The molecule has 1 aromatic carbocycles. The van der Waals surface area contributed by atoms with E-state index in [4.69, 9.17) is 9.47 Å². The highest BCUT2D eigenvalue weighted by Gasteiger charge is 2.39. The Morgan fingerprint density at radius 1 is 1.23 bits per heavy atom. The molecule has 10 heteroatoms. The largest absolute Gasteiger partial charge is 0.488 e. The van der Waals surface area contributed by atoms with Crippen LogP contribution in [0.3, 0.4) is 0 Å². The van der Waals surface area contributed by atoms with Crippen molar-refractivity contribution in [1.82, 2.24) is 15.1 Å². The zero-order chi connectivity index (χ0) is 22.2. The van der Waals surface area contributed by atoms with Crippen molar-refractivity contribution in [2.45, 2.75) is 50.6 Å². The number of rotatable bonds is 3. The summed E-state index contributed by atoms with van der Waals surface area (Å²) in [7, 11) is 0. The quantitative estimate of drug-likeness (QED) is 0.782. The summed E-state index contributed by atoms with van der Waals surface area (Å²) in [5.74, 6) is 0.0394. The van der Waals surface area contributed by atoms with Crippen LogP contribution in [0, 0.1) is 0 Å². The number of aryl methyl sites for hydroxylation is 1. The number of amides is 3. The van der Waals surface area contributed by atoms with Crippen LogP contribution in [0.2, 0.25) is 0 Å². The van der Waals surface area contributed by atoms with Gasteiger partial charge in [0, 0.05) is 26.1 Å². The number of fused-ring (bicyclic) bond motifs is 1. The van der Waals surface area contributed by atoms with E-state index in [1.165, 1.54) is 6.07 Å². The number of carbonyl (C=O) groups excluding carboxylic acids is 2. The number of halogens is 3. The highest BCUT2D eigenvalue weighted by Crippen LogP contribution is 2.34. The average molecular weight is 441 g/mol. The van der Waals surface area contributed by atoms with Crippen LogP contribution < -0.4 is 10.1 Å². The minimum atomic E-state index is -4.44. The van der Waals surface area contributed by atoms with E-state index in [1.54, 1.807) is 9.80 Å². The Morgan fingerprint density at radius 2 is 1.97 bits per heavy atom. The second-order valence-electron chi connectivity index (χ2n) is 8.19. The van der Waals surface area contributed by atoms with Crippen LogP contribution in [0.1, 0.15) is 30.9 Å². The Balaban J connectivity index is 1.37. The summed E-state index contributed by atoms with van der Waals surface area (Å²) < 4.78 is 50.7. The molecule has 1 N–H and O–H groups in total. The number of carbonyl (C=O) groups is 2. The van der Waals surface area contributed by atoms with Crippen LogP contribution in [0.4, 0.5) is 18.0 Å². The number of likely N-dealkylation sites (tertiary alicyclic amines) is 2. The monoisotopic (exact) mass is 441 g/mol. The Morgan fingerprint density at radius 3 is 2.71 bits per heavy atom. The maximum Gasteiger partial charge on any atom is 0.416 e. The first kappa shape index (κ1) is 21.7. The van der Waals surface area contributed by atoms with Gasteiger partial charge in [0.05, 0.1) is 24.3 Å². The number of nitrogens with zero attached hydrogens (tertiary/aromatic N) is 2. The minimum absolute atomic E-state index is 0.0511. The predicted octanol–water partition coefficient (Wildman–Crippen LogP) is 2.43. The smallest absolute Gasteiger partial charge is 0.416 e. The summed E-state index contributed by atoms with van der Waals surface area (Å²) in [5.41, 5.74) is -0.0434. The van der Waals surface area contributed by atoms with Crippen LogP contribution in [0.25, 0.3) is 0 Å². The van der Waals surface area contributed by atoms with Crippen molar-refractivity contribution in [3.8, 4) is 5.75 Å². The molecule has 0 aromatic heterocycles. The number of piperidine rings is 1. The van der Waals surface area contributed by atoms with E-state index < -0.39 is 11.7 Å². The van der Waals surface area contributed by atoms with Gasteiger partial charge in [-0.2, -0.15) is 13.2 Å². The maximum absolute atomic E-state index is 13.1. The molecule has 7 nitrogen and oxygen atoms in total. The van der Waals surface area contributed by atoms with E-state index in [0.29, 0.717) is 51.0 Å². The van der Waals surface area contributed by atoms with Gasteiger partial charge in [0.1, 0.15) is 18.5 Å². The number of benzene rings is 1. The van der Waals surface area contributed by atoms with E-state index in [0.717, 1.165) is 12.1 Å². The molecular formula is C21H26F3N3O4. The molecule has 170 valence electrons. The number of urea groups is 1. The Bertz CT molecular complexity index is 848. The zero-order valence-electron chi connectivity index (χ0n) is 17.3. The van der Waals surface area contributed by atoms with E-state index in [1.807, 2.05) is 6.92 Å². The maximum atomic E-state index is 13.1. The Hall–Kier alpha value is -2.49. The van der Waals surface area contributed by atoms with Gasteiger partial charge in [-0.1, -0.05) is 13.0 Å². The molecule has 3 heterocycles. The van der Waals surface area contributed by atoms with Crippen LogP contribution in [-0.2, 0) is 22.1 Å². The molecule has 3 saturated heterocycles. The number of hydrogen-bond donors (Lipinski definition) is 1. The summed E-state index contributed by atoms with van der Waals surface area (Å²) in [6.45, 7) is 3.60. The number of alkyl halides is 3. The van der Waals surface area contributed by atoms with Gasteiger partial charge in [-0.15, -0.1) is 0 Å². The number of ether oxygens (including phenoxy) is 2. The van der Waals surface area contributed by atoms with Crippen molar-refractivity contribution < 1.29 is 32.2 Å². The van der Waals surface area contributed by atoms with Crippen molar-refractivity contribution in [2.75, 3.05) is 32.8 Å². The third kappa shape index (κ3) is 4.73. The molecule has 0 saturated carbocycles. The topological polar surface area (TPSA) is 71.1 Å². The molecule has 3 aliphatic rings.